The summed E-state index contributed by atoms with van der Waals surface area (Å²) in [4.78, 5) is 26.5. The summed E-state index contributed by atoms with van der Waals surface area (Å²) >= 11 is 3.41. The summed E-state index contributed by atoms with van der Waals surface area (Å²) in [5.41, 5.74) is 2.39. The van der Waals surface area contributed by atoms with Crippen LogP contribution in [-0.2, 0) is 10.2 Å². The number of ether oxygens (including phenoxy) is 2. The zero-order valence-electron chi connectivity index (χ0n) is 20.8. The van der Waals surface area contributed by atoms with Crippen molar-refractivity contribution in [3.63, 3.8) is 0 Å². The minimum absolute atomic E-state index is 0.0201. The quantitative estimate of drug-likeness (QED) is 0.248. The molecule has 0 saturated carbocycles. The number of rotatable bonds is 7. The number of hydrogen-bond donors (Lipinski definition) is 1. The molecule has 4 aromatic rings. The molecule has 3 aromatic carbocycles. The van der Waals surface area contributed by atoms with E-state index in [4.69, 9.17) is 13.9 Å². The van der Waals surface area contributed by atoms with Crippen molar-refractivity contribution in [1.82, 2.24) is 0 Å². The lowest BCUT2D eigenvalue weighted by Gasteiger charge is -2.20. The first-order valence-corrected chi connectivity index (χ1v) is 12.4. The van der Waals surface area contributed by atoms with Crippen LogP contribution in [0.1, 0.15) is 49.4 Å². The molecule has 1 atom stereocenters. The molecule has 7 heteroatoms. The molecule has 36 heavy (non-hydrogen) atoms. The first-order valence-electron chi connectivity index (χ1n) is 11.6. The molecule has 1 aromatic heterocycles. The lowest BCUT2D eigenvalue weighted by molar-refractivity contribution is -0.122. The van der Waals surface area contributed by atoms with Crippen LogP contribution in [-0.4, -0.2) is 24.9 Å². The van der Waals surface area contributed by atoms with Gasteiger partial charge in [0.25, 0.3) is 5.91 Å². The SMILES string of the molecule is COc1ccc(C(=O)c2oc3ccccc3c2NC(=O)C(C)Oc2ccc(C(C)(C)C)cc2)cc1Br. The molecule has 1 amide bonds. The summed E-state index contributed by atoms with van der Waals surface area (Å²) in [6, 6.07) is 19.9. The number of para-hydroxylation sites is 1. The van der Waals surface area contributed by atoms with E-state index in [1.807, 2.05) is 36.4 Å². The predicted molar refractivity (Wildman–Crippen MR) is 144 cm³/mol. The van der Waals surface area contributed by atoms with Gasteiger partial charge in [-0.1, -0.05) is 45.0 Å². The van der Waals surface area contributed by atoms with Crippen molar-refractivity contribution < 1.29 is 23.5 Å². The Morgan fingerprint density at radius 2 is 1.69 bits per heavy atom. The average molecular weight is 550 g/mol. The van der Waals surface area contributed by atoms with Crippen LogP contribution in [0.25, 0.3) is 11.0 Å². The van der Waals surface area contributed by atoms with E-state index in [1.54, 1.807) is 44.4 Å². The van der Waals surface area contributed by atoms with Gasteiger partial charge in [-0.3, -0.25) is 9.59 Å². The van der Waals surface area contributed by atoms with E-state index in [9.17, 15) is 9.59 Å². The van der Waals surface area contributed by atoms with Crippen LogP contribution in [0.15, 0.2) is 75.6 Å². The molecule has 0 aliphatic carbocycles. The summed E-state index contributed by atoms with van der Waals surface area (Å²) in [5, 5.41) is 3.49. The highest BCUT2D eigenvalue weighted by Gasteiger charge is 2.26. The Hall–Kier alpha value is -3.58. The summed E-state index contributed by atoms with van der Waals surface area (Å²) in [6.07, 6.45) is -0.808. The number of ketones is 1. The molecule has 186 valence electrons. The van der Waals surface area contributed by atoms with E-state index in [1.165, 1.54) is 5.56 Å². The Balaban J connectivity index is 1.60. The number of benzene rings is 3. The molecule has 1 N–H and O–H groups in total. The first-order chi connectivity index (χ1) is 17.1. The first kappa shape index (κ1) is 25.5. The topological polar surface area (TPSA) is 77.8 Å². The number of halogens is 1. The fraction of sp³-hybridized carbons (Fsp3) is 0.241. The van der Waals surface area contributed by atoms with Crippen LogP contribution < -0.4 is 14.8 Å². The van der Waals surface area contributed by atoms with E-state index >= 15 is 0 Å². The maximum Gasteiger partial charge on any atom is 0.265 e. The number of hydrogen-bond acceptors (Lipinski definition) is 5. The van der Waals surface area contributed by atoms with Gasteiger partial charge >= 0.3 is 0 Å². The second-order valence-electron chi connectivity index (χ2n) is 9.50. The van der Waals surface area contributed by atoms with Gasteiger partial charge in [0.15, 0.2) is 11.9 Å². The van der Waals surface area contributed by atoms with Crippen LogP contribution in [0, 0.1) is 0 Å². The van der Waals surface area contributed by atoms with E-state index in [-0.39, 0.29) is 17.0 Å². The number of methoxy groups -OCH3 is 1. The number of furan rings is 1. The van der Waals surface area contributed by atoms with Crippen LogP contribution in [0.4, 0.5) is 5.69 Å². The molecule has 1 heterocycles. The van der Waals surface area contributed by atoms with Crippen LogP contribution >= 0.6 is 15.9 Å². The van der Waals surface area contributed by atoms with Crippen LogP contribution in [0.5, 0.6) is 11.5 Å². The number of amides is 1. The van der Waals surface area contributed by atoms with Gasteiger partial charge in [-0.05, 0) is 76.3 Å². The molecular weight excluding hydrogens is 522 g/mol. The molecule has 0 bridgehead atoms. The molecular formula is C29H28BrNO5. The fourth-order valence-corrected chi connectivity index (χ4v) is 4.32. The highest BCUT2D eigenvalue weighted by molar-refractivity contribution is 9.10. The highest BCUT2D eigenvalue weighted by atomic mass is 79.9. The van der Waals surface area contributed by atoms with Gasteiger partial charge in [-0.2, -0.15) is 0 Å². The number of nitrogens with one attached hydrogen (secondary N) is 1. The smallest absolute Gasteiger partial charge is 0.265 e. The fourth-order valence-electron chi connectivity index (χ4n) is 3.78. The van der Waals surface area contributed by atoms with Crippen molar-refractivity contribution in [3.8, 4) is 11.5 Å². The standard InChI is InChI=1S/C29H28BrNO5/c1-17(35-20-13-11-19(12-14-20)29(2,3)4)28(33)31-25-21-8-6-7-9-23(21)36-27(25)26(32)18-10-15-24(34-5)22(30)16-18/h6-17H,1-5H3,(H,31,33). The normalized spacial score (nSPS) is 12.3. The molecule has 1 unspecified atom stereocenters. The van der Waals surface area contributed by atoms with Gasteiger partial charge in [-0.15, -0.1) is 0 Å². The van der Waals surface area contributed by atoms with Crippen LogP contribution in [0.2, 0.25) is 0 Å². The third-order valence-corrected chi connectivity index (χ3v) is 6.49. The maximum atomic E-state index is 13.4. The third-order valence-electron chi connectivity index (χ3n) is 5.87. The molecule has 0 fully saturated rings. The third kappa shape index (κ3) is 5.31. The van der Waals surface area contributed by atoms with Gasteiger partial charge in [0.05, 0.1) is 17.3 Å². The number of fused-ring (bicyclic) bond motifs is 1. The second-order valence-corrected chi connectivity index (χ2v) is 10.4. The van der Waals surface area contributed by atoms with Gasteiger partial charge < -0.3 is 19.2 Å². The second kappa shape index (κ2) is 10.2. The highest BCUT2D eigenvalue weighted by Crippen LogP contribution is 2.34. The van der Waals surface area contributed by atoms with Gasteiger partial charge in [0.2, 0.25) is 5.78 Å². The Morgan fingerprint density at radius 3 is 2.33 bits per heavy atom. The summed E-state index contributed by atoms with van der Waals surface area (Å²) < 4.78 is 17.7. The number of carbonyl (C=O) groups excluding carboxylic acids is 2. The number of carbonyl (C=O) groups is 2. The Bertz CT molecular complexity index is 1420. The van der Waals surface area contributed by atoms with Gasteiger partial charge in [0.1, 0.15) is 17.1 Å². The van der Waals surface area contributed by atoms with E-state index in [0.29, 0.717) is 38.2 Å². The van der Waals surface area contributed by atoms with E-state index in [0.717, 1.165) is 0 Å². The van der Waals surface area contributed by atoms with Crippen molar-refractivity contribution >= 4 is 44.3 Å². The zero-order valence-corrected chi connectivity index (χ0v) is 22.4. The summed E-state index contributed by atoms with van der Waals surface area (Å²) in [5.74, 6) is 0.472. The maximum absolute atomic E-state index is 13.4. The largest absolute Gasteiger partial charge is 0.496 e. The van der Waals surface area contributed by atoms with Crippen LogP contribution in [0.3, 0.4) is 0 Å². The Morgan fingerprint density at radius 1 is 1.00 bits per heavy atom. The minimum atomic E-state index is -0.808. The van der Waals surface area contributed by atoms with Crippen molar-refractivity contribution in [3.05, 3.63) is 88.1 Å². The summed E-state index contributed by atoms with van der Waals surface area (Å²) in [6.45, 7) is 8.07. The van der Waals surface area contributed by atoms with Crippen molar-refractivity contribution in [1.29, 1.82) is 0 Å². The zero-order chi connectivity index (χ0) is 26.0. The van der Waals surface area contributed by atoms with Crippen molar-refractivity contribution in [2.24, 2.45) is 0 Å². The molecule has 6 nitrogen and oxygen atoms in total. The predicted octanol–water partition coefficient (Wildman–Crippen LogP) is 7.14. The van der Waals surface area contributed by atoms with Gasteiger partial charge in [-0.25, -0.2) is 0 Å². The molecule has 0 aliphatic heterocycles. The van der Waals surface area contributed by atoms with Gasteiger partial charge in [0, 0.05) is 10.9 Å². The van der Waals surface area contributed by atoms with E-state index in [2.05, 4.69) is 42.0 Å². The lowest BCUT2D eigenvalue weighted by atomic mass is 9.87. The Kier molecular flexibility index (Phi) is 7.22. The average Bonchev–Trinajstić information content (AvgIpc) is 3.21. The van der Waals surface area contributed by atoms with E-state index < -0.39 is 12.0 Å². The molecule has 0 saturated heterocycles. The Labute approximate surface area is 218 Å². The van der Waals surface area contributed by atoms with Crippen molar-refractivity contribution in [2.75, 3.05) is 12.4 Å². The molecule has 0 radical (unpaired) electrons. The summed E-state index contributed by atoms with van der Waals surface area (Å²) in [7, 11) is 1.55. The number of anilines is 1. The molecule has 0 aliphatic rings. The minimum Gasteiger partial charge on any atom is -0.496 e. The molecule has 0 spiro atoms. The monoisotopic (exact) mass is 549 g/mol. The lowest BCUT2D eigenvalue weighted by Crippen LogP contribution is -2.30. The van der Waals surface area contributed by atoms with Crippen molar-refractivity contribution in [2.45, 2.75) is 39.2 Å². The molecule has 4 rings (SSSR count).